The normalized spacial score (nSPS) is 11.3. The van der Waals surface area contributed by atoms with Crippen LogP contribution in [0.5, 0.6) is 0 Å². The van der Waals surface area contributed by atoms with Crippen molar-refractivity contribution in [3.8, 4) is 0 Å². The molecule has 1 aromatic carbocycles. The van der Waals surface area contributed by atoms with Crippen LogP contribution >= 0.6 is 0 Å². The van der Waals surface area contributed by atoms with Crippen molar-refractivity contribution in [3.63, 3.8) is 0 Å². The van der Waals surface area contributed by atoms with E-state index < -0.39 is 5.54 Å². The second-order valence-electron chi connectivity index (χ2n) is 6.21. The van der Waals surface area contributed by atoms with Crippen LogP contribution in [-0.2, 0) is 18.0 Å². The molecule has 0 aliphatic heterocycles. The second kappa shape index (κ2) is 8.52. The summed E-state index contributed by atoms with van der Waals surface area (Å²) >= 11 is 0. The van der Waals surface area contributed by atoms with Crippen LogP contribution in [0.15, 0.2) is 47.1 Å². The van der Waals surface area contributed by atoms with E-state index in [-0.39, 0.29) is 12.6 Å². The van der Waals surface area contributed by atoms with Gasteiger partial charge in [-0.3, -0.25) is 0 Å². The molecule has 0 aliphatic rings. The van der Waals surface area contributed by atoms with Crippen molar-refractivity contribution in [1.29, 1.82) is 0 Å². The van der Waals surface area contributed by atoms with Gasteiger partial charge in [-0.05, 0) is 50.1 Å². The molecule has 0 spiro atoms. The Balaban J connectivity index is 1.84. The average Bonchev–Trinajstić information content (AvgIpc) is 3.00. The number of rotatable bonds is 8. The van der Waals surface area contributed by atoms with Crippen molar-refractivity contribution >= 4 is 11.7 Å². The molecule has 3 N–H and O–H groups in total. The summed E-state index contributed by atoms with van der Waals surface area (Å²) < 4.78 is 10.8. The van der Waals surface area contributed by atoms with Crippen LogP contribution in [0, 0.1) is 0 Å². The highest BCUT2D eigenvalue weighted by Crippen LogP contribution is 2.14. The molecule has 6 heteroatoms. The second-order valence-corrected chi connectivity index (χ2v) is 6.21. The SMILES string of the molecule is CC(C)(CCO)NC(=O)Nc1cccc(COCc2ccco2)c1. The first-order valence-electron chi connectivity index (χ1n) is 7.87. The number of benzene rings is 1. The molecule has 24 heavy (non-hydrogen) atoms. The van der Waals surface area contributed by atoms with Crippen molar-refractivity contribution < 1.29 is 19.1 Å². The maximum absolute atomic E-state index is 12.0. The molecule has 1 aromatic heterocycles. The van der Waals surface area contributed by atoms with Gasteiger partial charge in [0.25, 0.3) is 0 Å². The molecular weight excluding hydrogens is 308 g/mol. The summed E-state index contributed by atoms with van der Waals surface area (Å²) in [5.41, 5.74) is 1.17. The van der Waals surface area contributed by atoms with Gasteiger partial charge in [0.15, 0.2) is 0 Å². The van der Waals surface area contributed by atoms with E-state index in [4.69, 9.17) is 14.3 Å². The third kappa shape index (κ3) is 6.06. The van der Waals surface area contributed by atoms with Gasteiger partial charge in [-0.2, -0.15) is 0 Å². The van der Waals surface area contributed by atoms with Gasteiger partial charge in [0, 0.05) is 17.8 Å². The number of hydrogen-bond acceptors (Lipinski definition) is 4. The van der Waals surface area contributed by atoms with Gasteiger partial charge in [0.05, 0.1) is 12.9 Å². The van der Waals surface area contributed by atoms with Crippen molar-refractivity contribution in [2.24, 2.45) is 0 Å². The van der Waals surface area contributed by atoms with Gasteiger partial charge in [-0.15, -0.1) is 0 Å². The standard InChI is InChI=1S/C18H24N2O4/c1-18(2,8-9-21)20-17(22)19-15-6-3-5-14(11-15)12-23-13-16-7-4-10-24-16/h3-7,10-11,21H,8-9,12-13H2,1-2H3,(H2,19,20,22). The molecule has 0 saturated carbocycles. The van der Waals surface area contributed by atoms with Gasteiger partial charge < -0.3 is 24.9 Å². The van der Waals surface area contributed by atoms with Crippen LogP contribution in [0.4, 0.5) is 10.5 Å². The number of nitrogens with one attached hydrogen (secondary N) is 2. The monoisotopic (exact) mass is 332 g/mol. The lowest BCUT2D eigenvalue weighted by Gasteiger charge is -2.25. The first-order valence-corrected chi connectivity index (χ1v) is 7.87. The quantitative estimate of drug-likeness (QED) is 0.693. The minimum absolute atomic E-state index is 0.0236. The molecule has 0 aliphatic carbocycles. The summed E-state index contributed by atoms with van der Waals surface area (Å²) in [7, 11) is 0. The Bertz CT molecular complexity index is 638. The zero-order valence-corrected chi connectivity index (χ0v) is 14.0. The first-order chi connectivity index (χ1) is 11.5. The largest absolute Gasteiger partial charge is 0.467 e. The smallest absolute Gasteiger partial charge is 0.319 e. The number of ether oxygens (including phenoxy) is 1. The summed E-state index contributed by atoms with van der Waals surface area (Å²) in [6, 6.07) is 10.8. The van der Waals surface area contributed by atoms with Gasteiger partial charge in [-0.25, -0.2) is 4.79 Å². The fourth-order valence-corrected chi connectivity index (χ4v) is 2.21. The summed E-state index contributed by atoms with van der Waals surface area (Å²) in [6.45, 7) is 4.58. The zero-order chi connectivity index (χ0) is 17.4. The third-order valence-electron chi connectivity index (χ3n) is 3.47. The molecule has 6 nitrogen and oxygen atoms in total. The van der Waals surface area contributed by atoms with Crippen LogP contribution in [-0.4, -0.2) is 23.3 Å². The summed E-state index contributed by atoms with van der Waals surface area (Å²) in [5.74, 6) is 0.773. The minimum atomic E-state index is -0.470. The maximum Gasteiger partial charge on any atom is 0.319 e. The number of furan rings is 1. The Morgan fingerprint density at radius 3 is 2.79 bits per heavy atom. The van der Waals surface area contributed by atoms with Gasteiger partial charge in [-0.1, -0.05) is 12.1 Å². The summed E-state index contributed by atoms with van der Waals surface area (Å²) in [4.78, 5) is 12.0. The minimum Gasteiger partial charge on any atom is -0.467 e. The number of carbonyl (C=O) groups is 1. The topological polar surface area (TPSA) is 83.7 Å². The number of hydrogen-bond donors (Lipinski definition) is 3. The van der Waals surface area contributed by atoms with E-state index in [9.17, 15) is 4.79 Å². The van der Waals surface area contributed by atoms with E-state index >= 15 is 0 Å². The number of amides is 2. The van der Waals surface area contributed by atoms with Crippen LogP contribution in [0.3, 0.4) is 0 Å². The van der Waals surface area contributed by atoms with Crippen LogP contribution < -0.4 is 10.6 Å². The molecule has 0 radical (unpaired) electrons. The lowest BCUT2D eigenvalue weighted by Crippen LogP contribution is -2.46. The maximum atomic E-state index is 12.0. The molecule has 2 amide bonds. The highest BCUT2D eigenvalue weighted by molar-refractivity contribution is 5.89. The number of carbonyl (C=O) groups excluding carboxylic acids is 1. The molecular formula is C18H24N2O4. The van der Waals surface area contributed by atoms with Crippen molar-refractivity contribution in [2.75, 3.05) is 11.9 Å². The Labute approximate surface area is 141 Å². The highest BCUT2D eigenvalue weighted by Gasteiger charge is 2.19. The highest BCUT2D eigenvalue weighted by atomic mass is 16.5. The predicted molar refractivity (Wildman–Crippen MR) is 91.6 cm³/mol. The lowest BCUT2D eigenvalue weighted by atomic mass is 10.0. The van der Waals surface area contributed by atoms with E-state index in [1.165, 1.54) is 0 Å². The van der Waals surface area contributed by atoms with E-state index in [1.54, 1.807) is 6.26 Å². The average molecular weight is 332 g/mol. The predicted octanol–water partition coefficient (Wildman–Crippen LogP) is 3.28. The number of aliphatic hydroxyl groups excluding tert-OH is 1. The zero-order valence-electron chi connectivity index (χ0n) is 14.0. The molecule has 0 bridgehead atoms. The van der Waals surface area contributed by atoms with Crippen LogP contribution in [0.2, 0.25) is 0 Å². The third-order valence-corrected chi connectivity index (χ3v) is 3.47. The Hall–Kier alpha value is -2.31. The summed E-state index contributed by atoms with van der Waals surface area (Å²) in [6.07, 6.45) is 2.10. The van der Waals surface area contributed by atoms with E-state index in [0.717, 1.165) is 11.3 Å². The molecule has 0 saturated heterocycles. The molecule has 0 unspecified atom stereocenters. The molecule has 130 valence electrons. The fraction of sp³-hybridized carbons (Fsp3) is 0.389. The van der Waals surface area contributed by atoms with E-state index in [0.29, 0.717) is 25.3 Å². The van der Waals surface area contributed by atoms with Crippen molar-refractivity contribution in [2.45, 2.75) is 39.0 Å². The number of aliphatic hydroxyl groups is 1. The van der Waals surface area contributed by atoms with E-state index in [1.807, 2.05) is 50.2 Å². The van der Waals surface area contributed by atoms with Gasteiger partial charge in [0.1, 0.15) is 12.4 Å². The number of urea groups is 1. The lowest BCUT2D eigenvalue weighted by molar-refractivity contribution is 0.0930. The van der Waals surface area contributed by atoms with E-state index in [2.05, 4.69) is 10.6 Å². The van der Waals surface area contributed by atoms with Crippen LogP contribution in [0.1, 0.15) is 31.6 Å². The van der Waals surface area contributed by atoms with Crippen molar-refractivity contribution in [3.05, 3.63) is 54.0 Å². The Morgan fingerprint density at radius 1 is 1.25 bits per heavy atom. The van der Waals surface area contributed by atoms with Crippen LogP contribution in [0.25, 0.3) is 0 Å². The summed E-state index contributed by atoms with van der Waals surface area (Å²) in [5, 5.41) is 14.6. The Morgan fingerprint density at radius 2 is 2.08 bits per heavy atom. The van der Waals surface area contributed by atoms with Gasteiger partial charge in [0.2, 0.25) is 0 Å². The molecule has 0 atom stereocenters. The molecule has 2 rings (SSSR count). The molecule has 2 aromatic rings. The number of anilines is 1. The van der Waals surface area contributed by atoms with Crippen molar-refractivity contribution in [1.82, 2.24) is 5.32 Å². The van der Waals surface area contributed by atoms with Gasteiger partial charge >= 0.3 is 6.03 Å². The molecule has 0 fully saturated rings. The first kappa shape index (κ1) is 18.0. The Kier molecular flexibility index (Phi) is 6.40. The fourth-order valence-electron chi connectivity index (χ4n) is 2.21. The molecule has 1 heterocycles.